The standard InChI is InChI=1S/C32H34N4O5/c1-3-41-27-14-9-23(10-15-27)20-34(17-16-25-19-33-29-7-5-4-6-28(25)29)31(37)21-35(26-12-13-26)32(38)24-11-8-22(2)30(18-24)36(39)40/h4-11,14-15,18-19,26,33H,3,12-13,16-17,20-21H2,1-2H3. The van der Waals surface area contributed by atoms with Gasteiger partial charge in [-0.25, -0.2) is 0 Å². The second-order valence-electron chi connectivity index (χ2n) is 10.4. The summed E-state index contributed by atoms with van der Waals surface area (Å²) < 4.78 is 5.57. The SMILES string of the molecule is CCOc1ccc(CN(CCc2c[nH]c3ccccc23)C(=O)CN(C(=O)c2ccc(C)c([N+](=O)[O-])c2)C2CC2)cc1. The first-order valence-electron chi connectivity index (χ1n) is 13.9. The van der Waals surface area contributed by atoms with Gasteiger partial charge in [0.1, 0.15) is 12.3 Å². The average Bonchev–Trinajstić information content (AvgIpc) is 3.74. The maximum atomic E-state index is 13.8. The lowest BCUT2D eigenvalue weighted by atomic mass is 10.1. The highest BCUT2D eigenvalue weighted by Crippen LogP contribution is 2.30. The minimum Gasteiger partial charge on any atom is -0.494 e. The summed E-state index contributed by atoms with van der Waals surface area (Å²) in [6, 6.07) is 20.2. The van der Waals surface area contributed by atoms with Crippen LogP contribution in [-0.4, -0.2) is 57.3 Å². The minimum absolute atomic E-state index is 0.0484. The van der Waals surface area contributed by atoms with Gasteiger partial charge in [-0.15, -0.1) is 0 Å². The van der Waals surface area contributed by atoms with E-state index in [1.165, 1.54) is 6.07 Å². The molecule has 0 radical (unpaired) electrons. The van der Waals surface area contributed by atoms with Gasteiger partial charge in [-0.05, 0) is 68.5 Å². The van der Waals surface area contributed by atoms with Crippen molar-refractivity contribution in [2.24, 2.45) is 0 Å². The molecule has 1 aliphatic carbocycles. The third-order valence-electron chi connectivity index (χ3n) is 7.49. The number of nitro benzene ring substituents is 1. The van der Waals surface area contributed by atoms with Crippen LogP contribution in [0.25, 0.3) is 10.9 Å². The van der Waals surface area contributed by atoms with Crippen LogP contribution in [0, 0.1) is 17.0 Å². The van der Waals surface area contributed by atoms with Gasteiger partial charge in [0.15, 0.2) is 0 Å². The molecule has 0 unspecified atom stereocenters. The predicted molar refractivity (Wildman–Crippen MR) is 157 cm³/mol. The monoisotopic (exact) mass is 554 g/mol. The first-order valence-corrected chi connectivity index (χ1v) is 13.9. The molecule has 4 aromatic rings. The molecule has 212 valence electrons. The van der Waals surface area contributed by atoms with Gasteiger partial charge in [-0.2, -0.15) is 0 Å². The first-order chi connectivity index (χ1) is 19.8. The number of nitro groups is 1. The van der Waals surface area contributed by atoms with Crippen molar-refractivity contribution < 1.29 is 19.2 Å². The molecule has 1 aliphatic rings. The van der Waals surface area contributed by atoms with E-state index in [0.717, 1.165) is 40.6 Å². The van der Waals surface area contributed by atoms with Crippen LogP contribution < -0.4 is 4.74 Å². The summed E-state index contributed by atoms with van der Waals surface area (Å²) in [6.07, 6.45) is 4.24. The number of rotatable bonds is 12. The van der Waals surface area contributed by atoms with E-state index in [1.54, 1.807) is 28.9 Å². The Kier molecular flexibility index (Phi) is 8.33. The Morgan fingerprint density at radius 2 is 1.83 bits per heavy atom. The number of aryl methyl sites for hydroxylation is 1. The molecule has 9 nitrogen and oxygen atoms in total. The molecular formula is C32H34N4O5. The van der Waals surface area contributed by atoms with E-state index in [1.807, 2.05) is 55.6 Å². The summed E-state index contributed by atoms with van der Waals surface area (Å²) in [7, 11) is 0. The number of nitrogens with one attached hydrogen (secondary N) is 1. The van der Waals surface area contributed by atoms with Gasteiger partial charge in [-0.1, -0.05) is 36.4 Å². The van der Waals surface area contributed by atoms with Crippen LogP contribution in [-0.2, 0) is 17.8 Å². The highest BCUT2D eigenvalue weighted by molar-refractivity contribution is 5.97. The summed E-state index contributed by atoms with van der Waals surface area (Å²) in [6.45, 7) is 4.91. The lowest BCUT2D eigenvalue weighted by molar-refractivity contribution is -0.385. The van der Waals surface area contributed by atoms with E-state index >= 15 is 0 Å². The molecular weight excluding hydrogens is 520 g/mol. The molecule has 1 saturated carbocycles. The van der Waals surface area contributed by atoms with Gasteiger partial charge in [0.05, 0.1) is 11.5 Å². The molecule has 5 rings (SSSR count). The summed E-state index contributed by atoms with van der Waals surface area (Å²) >= 11 is 0. The Labute approximate surface area is 238 Å². The van der Waals surface area contributed by atoms with E-state index in [2.05, 4.69) is 11.1 Å². The topological polar surface area (TPSA) is 109 Å². The number of fused-ring (bicyclic) bond motifs is 1. The van der Waals surface area contributed by atoms with Crippen LogP contribution in [0.15, 0.2) is 72.9 Å². The van der Waals surface area contributed by atoms with Gasteiger partial charge in [0, 0.05) is 53.4 Å². The second kappa shape index (κ2) is 12.2. The van der Waals surface area contributed by atoms with Gasteiger partial charge in [0.2, 0.25) is 5.91 Å². The summed E-state index contributed by atoms with van der Waals surface area (Å²) in [5, 5.41) is 12.6. The number of carbonyl (C=O) groups is 2. The molecule has 1 aromatic heterocycles. The molecule has 9 heteroatoms. The quantitative estimate of drug-likeness (QED) is 0.180. The summed E-state index contributed by atoms with van der Waals surface area (Å²) in [5.74, 6) is 0.243. The van der Waals surface area contributed by atoms with Crippen molar-refractivity contribution >= 4 is 28.4 Å². The number of nitrogens with zero attached hydrogens (tertiary/aromatic N) is 3. The van der Waals surface area contributed by atoms with Gasteiger partial charge in [-0.3, -0.25) is 19.7 Å². The van der Waals surface area contributed by atoms with Crippen LogP contribution in [0.5, 0.6) is 5.75 Å². The number of benzene rings is 3. The fraction of sp³-hybridized carbons (Fsp3) is 0.312. The van der Waals surface area contributed by atoms with Crippen LogP contribution in [0.1, 0.15) is 46.8 Å². The molecule has 0 spiro atoms. The first kappa shape index (κ1) is 27.9. The Balaban J connectivity index is 1.36. The van der Waals surface area contributed by atoms with Crippen molar-refractivity contribution in [1.82, 2.24) is 14.8 Å². The number of amides is 2. The molecule has 3 aromatic carbocycles. The molecule has 0 aliphatic heterocycles. The zero-order valence-electron chi connectivity index (χ0n) is 23.3. The minimum atomic E-state index is -0.484. The van der Waals surface area contributed by atoms with E-state index in [9.17, 15) is 19.7 Å². The summed E-state index contributed by atoms with van der Waals surface area (Å²) in [4.78, 5) is 45.0. The van der Waals surface area contributed by atoms with E-state index in [-0.39, 0.29) is 35.7 Å². The zero-order chi connectivity index (χ0) is 28.9. The lowest BCUT2D eigenvalue weighted by Crippen LogP contribution is -2.44. The average molecular weight is 555 g/mol. The number of carbonyl (C=O) groups excluding carboxylic acids is 2. The van der Waals surface area contributed by atoms with E-state index < -0.39 is 4.92 Å². The van der Waals surface area contributed by atoms with Gasteiger partial charge < -0.3 is 19.5 Å². The largest absolute Gasteiger partial charge is 0.494 e. The Hall–Kier alpha value is -4.66. The number of aromatic amines is 1. The third-order valence-corrected chi connectivity index (χ3v) is 7.49. The number of ether oxygens (including phenoxy) is 1. The molecule has 0 bridgehead atoms. The smallest absolute Gasteiger partial charge is 0.273 e. The second-order valence-corrected chi connectivity index (χ2v) is 10.4. The van der Waals surface area contributed by atoms with Crippen molar-refractivity contribution in [3.05, 3.63) is 105 Å². The molecule has 0 saturated heterocycles. The maximum absolute atomic E-state index is 13.8. The van der Waals surface area contributed by atoms with Crippen LogP contribution >= 0.6 is 0 Å². The lowest BCUT2D eigenvalue weighted by Gasteiger charge is -2.28. The normalized spacial score (nSPS) is 12.7. The van der Waals surface area contributed by atoms with Crippen molar-refractivity contribution in [2.45, 2.75) is 45.7 Å². The van der Waals surface area contributed by atoms with Crippen molar-refractivity contribution in [2.75, 3.05) is 19.7 Å². The molecule has 1 heterocycles. The maximum Gasteiger partial charge on any atom is 0.273 e. The summed E-state index contributed by atoms with van der Waals surface area (Å²) in [5.41, 5.74) is 3.73. The fourth-order valence-corrected chi connectivity index (χ4v) is 5.07. The Morgan fingerprint density at radius 3 is 2.54 bits per heavy atom. The molecule has 2 amide bonds. The van der Waals surface area contributed by atoms with Gasteiger partial charge >= 0.3 is 0 Å². The van der Waals surface area contributed by atoms with E-state index in [0.29, 0.717) is 31.7 Å². The van der Waals surface area contributed by atoms with E-state index in [4.69, 9.17) is 4.74 Å². The van der Waals surface area contributed by atoms with Crippen LogP contribution in [0.2, 0.25) is 0 Å². The number of H-pyrrole nitrogens is 1. The number of hydrogen-bond donors (Lipinski definition) is 1. The molecule has 0 atom stereocenters. The Bertz CT molecular complexity index is 1560. The molecule has 1 N–H and O–H groups in total. The zero-order valence-corrected chi connectivity index (χ0v) is 23.3. The van der Waals surface area contributed by atoms with Gasteiger partial charge in [0.25, 0.3) is 11.6 Å². The van der Waals surface area contributed by atoms with Crippen molar-refractivity contribution in [3.8, 4) is 5.75 Å². The predicted octanol–water partition coefficient (Wildman–Crippen LogP) is 5.66. The van der Waals surface area contributed by atoms with Crippen LogP contribution in [0.4, 0.5) is 5.69 Å². The third kappa shape index (κ3) is 6.57. The number of para-hydroxylation sites is 1. The van der Waals surface area contributed by atoms with Crippen molar-refractivity contribution in [3.63, 3.8) is 0 Å². The fourth-order valence-electron chi connectivity index (χ4n) is 5.07. The highest BCUT2D eigenvalue weighted by Gasteiger charge is 2.36. The van der Waals surface area contributed by atoms with Crippen molar-refractivity contribution in [1.29, 1.82) is 0 Å². The number of aromatic nitrogens is 1. The Morgan fingerprint density at radius 1 is 1.07 bits per heavy atom. The highest BCUT2D eigenvalue weighted by atomic mass is 16.6. The van der Waals surface area contributed by atoms with Crippen LogP contribution in [0.3, 0.4) is 0 Å². The molecule has 41 heavy (non-hydrogen) atoms. The molecule has 1 fully saturated rings. The number of hydrogen-bond acceptors (Lipinski definition) is 5.